The van der Waals surface area contributed by atoms with Gasteiger partial charge >= 0.3 is 6.18 Å². The zero-order valence-corrected chi connectivity index (χ0v) is 11.2. The fourth-order valence-corrected chi connectivity index (χ4v) is 2.43. The molecule has 2 rings (SSSR count). The van der Waals surface area contributed by atoms with Crippen LogP contribution < -0.4 is 10.6 Å². The zero-order valence-electron chi connectivity index (χ0n) is 10.5. The molecule has 8 heteroatoms. The zero-order chi connectivity index (χ0) is 14.9. The summed E-state index contributed by atoms with van der Waals surface area (Å²) in [5.41, 5.74) is 4.34. The number of hydrogen-bond donors (Lipinski definition) is 1. The summed E-state index contributed by atoms with van der Waals surface area (Å²) in [5, 5.41) is -0.0619. The molecule has 0 unspecified atom stereocenters. The highest BCUT2D eigenvalue weighted by Crippen LogP contribution is 2.37. The van der Waals surface area contributed by atoms with E-state index in [2.05, 4.69) is 4.98 Å². The number of nitrogens with two attached hydrogens (primary N) is 1. The summed E-state index contributed by atoms with van der Waals surface area (Å²) >= 11 is 5.58. The molecule has 2 heterocycles. The van der Waals surface area contributed by atoms with E-state index in [1.165, 1.54) is 11.1 Å². The van der Waals surface area contributed by atoms with Crippen LogP contribution in [0.3, 0.4) is 0 Å². The van der Waals surface area contributed by atoms with Crippen molar-refractivity contribution in [1.29, 1.82) is 0 Å². The van der Waals surface area contributed by atoms with Gasteiger partial charge in [0.25, 0.3) is 0 Å². The predicted octanol–water partition coefficient (Wildman–Crippen LogP) is 2.46. The molecule has 0 aromatic carbocycles. The van der Waals surface area contributed by atoms with E-state index >= 15 is 0 Å². The van der Waals surface area contributed by atoms with Gasteiger partial charge in [0.2, 0.25) is 5.91 Å². The van der Waals surface area contributed by atoms with Crippen LogP contribution >= 0.6 is 11.6 Å². The third-order valence-electron chi connectivity index (χ3n) is 3.34. The van der Waals surface area contributed by atoms with Crippen LogP contribution in [0.2, 0.25) is 5.02 Å². The number of halogens is 4. The van der Waals surface area contributed by atoms with Gasteiger partial charge in [0, 0.05) is 25.2 Å². The molecule has 1 amide bonds. The smallest absolute Gasteiger partial charge is 0.369 e. The Hall–Kier alpha value is -1.50. The number of pyridine rings is 1. The van der Waals surface area contributed by atoms with E-state index in [1.807, 2.05) is 0 Å². The molecule has 0 saturated carbocycles. The first-order valence-corrected chi connectivity index (χ1v) is 6.44. The molecule has 1 aromatic heterocycles. The molecule has 4 nitrogen and oxygen atoms in total. The number of hydrogen-bond acceptors (Lipinski definition) is 3. The summed E-state index contributed by atoms with van der Waals surface area (Å²) in [7, 11) is 0. The molecule has 0 bridgehead atoms. The third-order valence-corrected chi connectivity index (χ3v) is 3.54. The first kappa shape index (κ1) is 14.9. The average molecular weight is 308 g/mol. The van der Waals surface area contributed by atoms with Crippen molar-refractivity contribution in [2.24, 2.45) is 11.7 Å². The average Bonchev–Trinajstić information content (AvgIpc) is 2.38. The number of nitrogens with zero attached hydrogens (tertiary/aromatic N) is 2. The van der Waals surface area contributed by atoms with E-state index in [-0.39, 0.29) is 16.8 Å². The molecule has 0 spiro atoms. The quantitative estimate of drug-likeness (QED) is 0.913. The van der Waals surface area contributed by atoms with Crippen molar-refractivity contribution < 1.29 is 18.0 Å². The Balaban J connectivity index is 2.24. The second-order valence-corrected chi connectivity index (χ2v) is 5.12. The molecule has 1 saturated heterocycles. The van der Waals surface area contributed by atoms with Crippen LogP contribution in [-0.4, -0.2) is 24.0 Å². The van der Waals surface area contributed by atoms with E-state index in [9.17, 15) is 18.0 Å². The minimum atomic E-state index is -4.52. The summed E-state index contributed by atoms with van der Waals surface area (Å²) in [6.07, 6.45) is -2.48. The van der Waals surface area contributed by atoms with E-state index in [4.69, 9.17) is 17.3 Å². The van der Waals surface area contributed by atoms with Gasteiger partial charge in [0.1, 0.15) is 5.82 Å². The van der Waals surface area contributed by atoms with Crippen molar-refractivity contribution in [3.8, 4) is 0 Å². The van der Waals surface area contributed by atoms with Crippen LogP contribution in [0.4, 0.5) is 19.0 Å². The van der Waals surface area contributed by atoms with Crippen LogP contribution in [0, 0.1) is 5.92 Å². The van der Waals surface area contributed by atoms with Crippen LogP contribution in [0.1, 0.15) is 18.4 Å². The molecule has 1 fully saturated rings. The van der Waals surface area contributed by atoms with Gasteiger partial charge in [-0.1, -0.05) is 11.6 Å². The van der Waals surface area contributed by atoms with Gasteiger partial charge in [-0.3, -0.25) is 4.79 Å². The lowest BCUT2D eigenvalue weighted by molar-refractivity contribution is -0.137. The highest BCUT2D eigenvalue weighted by molar-refractivity contribution is 6.30. The van der Waals surface area contributed by atoms with Crippen molar-refractivity contribution >= 4 is 23.3 Å². The van der Waals surface area contributed by atoms with Crippen LogP contribution in [0.5, 0.6) is 0 Å². The first-order chi connectivity index (χ1) is 9.29. The molecule has 0 atom stereocenters. The van der Waals surface area contributed by atoms with Gasteiger partial charge in [-0.05, 0) is 18.9 Å². The number of piperidine rings is 1. The Bertz CT molecular complexity index is 513. The number of aromatic nitrogens is 1. The molecule has 1 aliphatic rings. The lowest BCUT2D eigenvalue weighted by Gasteiger charge is -2.32. The highest BCUT2D eigenvalue weighted by Gasteiger charge is 2.37. The van der Waals surface area contributed by atoms with Gasteiger partial charge in [-0.15, -0.1) is 0 Å². The van der Waals surface area contributed by atoms with E-state index in [0.29, 0.717) is 25.9 Å². The molecular formula is C12H13ClF3N3O. The molecule has 1 aromatic rings. The van der Waals surface area contributed by atoms with E-state index in [1.54, 1.807) is 0 Å². The molecule has 0 aliphatic carbocycles. The number of rotatable bonds is 2. The largest absolute Gasteiger partial charge is 0.420 e. The van der Waals surface area contributed by atoms with Gasteiger partial charge < -0.3 is 10.6 Å². The maximum Gasteiger partial charge on any atom is 0.420 e. The van der Waals surface area contributed by atoms with Gasteiger partial charge in [0.05, 0.1) is 10.6 Å². The van der Waals surface area contributed by atoms with Crippen LogP contribution in [0.25, 0.3) is 0 Å². The number of primary amides is 1. The van der Waals surface area contributed by atoms with Crippen LogP contribution in [-0.2, 0) is 11.0 Å². The van der Waals surface area contributed by atoms with Gasteiger partial charge in [0.15, 0.2) is 0 Å². The topological polar surface area (TPSA) is 59.2 Å². The second kappa shape index (κ2) is 5.47. The van der Waals surface area contributed by atoms with Gasteiger partial charge in [-0.2, -0.15) is 13.2 Å². The lowest BCUT2D eigenvalue weighted by Crippen LogP contribution is -2.39. The van der Waals surface area contributed by atoms with Crippen molar-refractivity contribution in [3.63, 3.8) is 0 Å². The monoisotopic (exact) mass is 307 g/mol. The molecule has 110 valence electrons. The molecular weight excluding hydrogens is 295 g/mol. The Morgan fingerprint density at radius 2 is 2.00 bits per heavy atom. The minimum absolute atomic E-state index is 0.0619. The molecule has 0 radical (unpaired) electrons. The fourth-order valence-electron chi connectivity index (χ4n) is 2.27. The number of anilines is 1. The maximum atomic E-state index is 13.0. The Morgan fingerprint density at radius 1 is 1.40 bits per heavy atom. The SMILES string of the molecule is NC(=O)C1CCN(c2ncc(Cl)cc2C(F)(F)F)CC1. The summed E-state index contributed by atoms with van der Waals surface area (Å²) < 4.78 is 39.0. The van der Waals surface area contributed by atoms with Crippen molar-refractivity contribution in [3.05, 3.63) is 22.8 Å². The Morgan fingerprint density at radius 3 is 2.50 bits per heavy atom. The molecule has 20 heavy (non-hydrogen) atoms. The van der Waals surface area contributed by atoms with Crippen molar-refractivity contribution in [2.75, 3.05) is 18.0 Å². The normalized spacial score (nSPS) is 17.3. The minimum Gasteiger partial charge on any atom is -0.369 e. The van der Waals surface area contributed by atoms with Crippen LogP contribution in [0.15, 0.2) is 12.3 Å². The van der Waals surface area contributed by atoms with E-state index < -0.39 is 17.6 Å². The van der Waals surface area contributed by atoms with E-state index in [0.717, 1.165) is 6.07 Å². The Kier molecular flexibility index (Phi) is 4.08. The maximum absolute atomic E-state index is 13.0. The second-order valence-electron chi connectivity index (χ2n) is 4.69. The summed E-state index contributed by atoms with van der Waals surface area (Å²) in [6, 6.07) is 0.865. The first-order valence-electron chi connectivity index (χ1n) is 6.06. The predicted molar refractivity (Wildman–Crippen MR) is 68.4 cm³/mol. The van der Waals surface area contributed by atoms with Crippen molar-refractivity contribution in [1.82, 2.24) is 4.98 Å². The Labute approximate surface area is 118 Å². The summed E-state index contributed by atoms with van der Waals surface area (Å²) in [4.78, 5) is 16.4. The number of carbonyl (C=O) groups excluding carboxylic acids is 1. The van der Waals surface area contributed by atoms with Gasteiger partial charge in [-0.25, -0.2) is 4.98 Å². The summed E-state index contributed by atoms with van der Waals surface area (Å²) in [6.45, 7) is 0.622. The third kappa shape index (κ3) is 3.15. The fraction of sp³-hybridized carbons (Fsp3) is 0.500. The lowest BCUT2D eigenvalue weighted by atomic mass is 9.96. The summed E-state index contributed by atoms with van der Waals surface area (Å²) in [5.74, 6) is -0.845. The standard InChI is InChI=1S/C12H13ClF3N3O/c13-8-5-9(12(14,15)16)11(18-6-8)19-3-1-7(2-4-19)10(17)20/h5-7H,1-4H2,(H2,17,20). The highest BCUT2D eigenvalue weighted by atomic mass is 35.5. The number of carbonyl (C=O) groups is 1. The number of amides is 1. The van der Waals surface area contributed by atoms with Crippen molar-refractivity contribution in [2.45, 2.75) is 19.0 Å². The number of alkyl halides is 3. The molecule has 1 aliphatic heterocycles. The molecule has 2 N–H and O–H groups in total.